The monoisotopic (exact) mass is 566 g/mol. The lowest BCUT2D eigenvalue weighted by Crippen LogP contribution is -2.53. The van der Waals surface area contributed by atoms with E-state index >= 15 is 0 Å². The highest BCUT2D eigenvalue weighted by Crippen LogP contribution is 2.68. The van der Waals surface area contributed by atoms with E-state index in [1.165, 1.54) is 64.2 Å². The highest BCUT2D eigenvalue weighted by Gasteiger charge is 2.60. The Hall–Kier alpha value is -0.660. The highest BCUT2D eigenvalue weighted by atomic mass is 32.2. The molecule has 0 aromatic heterocycles. The summed E-state index contributed by atoms with van der Waals surface area (Å²) in [5.74, 6) is 5.26. The van der Waals surface area contributed by atoms with Gasteiger partial charge in [-0.3, -0.25) is 14.2 Å². The van der Waals surface area contributed by atoms with Crippen LogP contribution in [0.15, 0.2) is 0 Å². The summed E-state index contributed by atoms with van der Waals surface area (Å²) in [7, 11) is -0.732. The molecule has 0 spiro atoms. The van der Waals surface area contributed by atoms with Crippen molar-refractivity contribution in [2.24, 2.45) is 46.3 Å². The Bertz CT molecular complexity index is 938. The topological polar surface area (TPSA) is 86.7 Å². The molecule has 4 aliphatic rings. The SMILES string of the molecule is C[C@H](CCC(=O)NCCCCCC(N(C)C)S(=O)(=O)O)[C@H]1CCC2C3CCC4CCCC[C@]4(C)C3CC[C@@]21C. The van der Waals surface area contributed by atoms with Crippen molar-refractivity contribution in [1.82, 2.24) is 10.2 Å². The largest absolute Gasteiger partial charge is 0.356 e. The Morgan fingerprint density at radius 3 is 2.38 bits per heavy atom. The predicted molar refractivity (Wildman–Crippen MR) is 159 cm³/mol. The van der Waals surface area contributed by atoms with Gasteiger partial charge in [0.25, 0.3) is 10.1 Å². The normalized spacial score (nSPS) is 38.0. The molecule has 39 heavy (non-hydrogen) atoms. The van der Waals surface area contributed by atoms with Crippen LogP contribution in [0.3, 0.4) is 0 Å². The molecule has 1 amide bonds. The molecule has 226 valence electrons. The number of unbranched alkanes of at least 4 members (excludes halogenated alkanes) is 2. The molecule has 4 rings (SSSR count). The molecule has 0 bridgehead atoms. The van der Waals surface area contributed by atoms with Crippen molar-refractivity contribution in [3.05, 3.63) is 0 Å². The highest BCUT2D eigenvalue weighted by molar-refractivity contribution is 7.86. The van der Waals surface area contributed by atoms with Crippen LogP contribution < -0.4 is 5.32 Å². The van der Waals surface area contributed by atoms with Gasteiger partial charge in [0.05, 0.1) is 0 Å². The molecule has 0 aliphatic heterocycles. The first-order valence-corrected chi connectivity index (χ1v) is 17.8. The van der Waals surface area contributed by atoms with Gasteiger partial charge in [0.1, 0.15) is 5.37 Å². The second kappa shape index (κ2) is 12.7. The lowest BCUT2D eigenvalue weighted by molar-refractivity contribution is -0.122. The van der Waals surface area contributed by atoms with Gasteiger partial charge in [0.15, 0.2) is 0 Å². The third kappa shape index (κ3) is 6.71. The summed E-state index contributed by atoms with van der Waals surface area (Å²) < 4.78 is 32.3. The summed E-state index contributed by atoms with van der Waals surface area (Å²) in [4.78, 5) is 14.2. The van der Waals surface area contributed by atoms with Crippen LogP contribution >= 0.6 is 0 Å². The smallest absolute Gasteiger partial charge is 0.281 e. The van der Waals surface area contributed by atoms with Crippen molar-refractivity contribution < 1.29 is 17.8 Å². The van der Waals surface area contributed by atoms with Gasteiger partial charge in [0, 0.05) is 13.0 Å². The molecule has 5 unspecified atom stereocenters. The third-order valence-electron chi connectivity index (χ3n) is 12.5. The number of rotatable bonds is 12. The van der Waals surface area contributed by atoms with Crippen LogP contribution in [-0.4, -0.2) is 49.8 Å². The van der Waals surface area contributed by atoms with Crippen molar-refractivity contribution >= 4 is 16.0 Å². The van der Waals surface area contributed by atoms with Gasteiger partial charge in [0.2, 0.25) is 5.91 Å². The van der Waals surface area contributed by atoms with Crippen LogP contribution in [0, 0.1) is 46.3 Å². The minimum Gasteiger partial charge on any atom is -0.356 e. The lowest BCUT2D eigenvalue weighted by Gasteiger charge is -2.61. The Labute approximate surface area is 239 Å². The average Bonchev–Trinajstić information content (AvgIpc) is 3.22. The lowest BCUT2D eigenvalue weighted by atomic mass is 9.44. The molecule has 0 aromatic rings. The van der Waals surface area contributed by atoms with E-state index < -0.39 is 15.5 Å². The summed E-state index contributed by atoms with van der Waals surface area (Å²) in [6.07, 6.45) is 18.8. The fraction of sp³-hybridized carbons (Fsp3) is 0.969. The van der Waals surface area contributed by atoms with Gasteiger partial charge in [-0.1, -0.05) is 46.5 Å². The number of carbonyl (C=O) groups excluding carboxylic acids is 1. The van der Waals surface area contributed by atoms with Crippen molar-refractivity contribution in [2.75, 3.05) is 20.6 Å². The Balaban J connectivity index is 1.19. The fourth-order valence-corrected chi connectivity index (χ4v) is 11.4. The maximum Gasteiger partial charge on any atom is 0.281 e. The molecule has 7 heteroatoms. The van der Waals surface area contributed by atoms with E-state index in [0.29, 0.717) is 42.6 Å². The molecule has 4 aliphatic carbocycles. The van der Waals surface area contributed by atoms with E-state index in [-0.39, 0.29) is 5.91 Å². The maximum absolute atomic E-state index is 12.6. The standard InChI is InChI=1S/C32H58N2O4S/c1-23(13-18-29(35)33-22-10-6-7-12-30(34(4)5)39(36,37)38)26-16-17-27-25-15-14-24-11-8-9-20-31(24,2)28(25)19-21-32(26,27)3/h23-28,30H,6-22H2,1-5H3,(H,33,35)(H,36,37,38)/t23-,24?,25?,26-,27?,28?,30?,31+,32-/m1/s1. The van der Waals surface area contributed by atoms with Crippen molar-refractivity contribution in [2.45, 2.75) is 129 Å². The van der Waals surface area contributed by atoms with Crippen LogP contribution in [0.1, 0.15) is 124 Å². The third-order valence-corrected chi connectivity index (χ3v) is 13.9. The first-order valence-electron chi connectivity index (χ1n) is 16.3. The summed E-state index contributed by atoms with van der Waals surface area (Å²) in [6, 6.07) is 0. The van der Waals surface area contributed by atoms with Gasteiger partial charge in [-0.25, -0.2) is 0 Å². The van der Waals surface area contributed by atoms with E-state index in [2.05, 4.69) is 26.1 Å². The fourth-order valence-electron chi connectivity index (χ4n) is 10.4. The molecule has 0 aromatic carbocycles. The molecule has 4 saturated carbocycles. The van der Waals surface area contributed by atoms with E-state index in [1.807, 2.05) is 0 Å². The van der Waals surface area contributed by atoms with Crippen LogP contribution in [0.4, 0.5) is 0 Å². The molecule has 6 nitrogen and oxygen atoms in total. The van der Waals surface area contributed by atoms with Crippen LogP contribution in [0.5, 0.6) is 0 Å². The maximum atomic E-state index is 12.6. The first kappa shape index (κ1) is 31.3. The molecule has 4 fully saturated rings. The molecule has 9 atom stereocenters. The zero-order chi connectivity index (χ0) is 28.4. The van der Waals surface area contributed by atoms with Gasteiger partial charge in [-0.2, -0.15) is 8.42 Å². The number of hydrogen-bond acceptors (Lipinski definition) is 4. The summed E-state index contributed by atoms with van der Waals surface area (Å²) in [5, 5.41) is 2.23. The quantitative estimate of drug-likeness (QED) is 0.198. The average molecular weight is 567 g/mol. The Morgan fingerprint density at radius 2 is 1.67 bits per heavy atom. The van der Waals surface area contributed by atoms with Gasteiger partial charge in [-0.15, -0.1) is 0 Å². The summed E-state index contributed by atoms with van der Waals surface area (Å²) in [5.41, 5.74) is 1.07. The minimum absolute atomic E-state index is 0.151. The second-order valence-corrected chi connectivity index (χ2v) is 16.4. The van der Waals surface area contributed by atoms with Crippen molar-refractivity contribution in [1.29, 1.82) is 0 Å². The van der Waals surface area contributed by atoms with E-state index in [9.17, 15) is 17.8 Å². The van der Waals surface area contributed by atoms with Crippen LogP contribution in [0.25, 0.3) is 0 Å². The number of fused-ring (bicyclic) bond motifs is 5. The molecule has 2 N–H and O–H groups in total. The van der Waals surface area contributed by atoms with E-state index in [0.717, 1.165) is 48.9 Å². The Kier molecular flexibility index (Phi) is 10.2. The van der Waals surface area contributed by atoms with Crippen molar-refractivity contribution in [3.8, 4) is 0 Å². The van der Waals surface area contributed by atoms with Crippen LogP contribution in [-0.2, 0) is 14.9 Å². The zero-order valence-electron chi connectivity index (χ0n) is 25.6. The zero-order valence-corrected chi connectivity index (χ0v) is 26.4. The number of carbonyl (C=O) groups is 1. The first-order chi connectivity index (χ1) is 18.4. The number of hydrogen-bond donors (Lipinski definition) is 2. The number of nitrogens with one attached hydrogen (secondary N) is 1. The van der Waals surface area contributed by atoms with Gasteiger partial charge in [-0.05, 0) is 131 Å². The molecule has 0 heterocycles. The van der Waals surface area contributed by atoms with Crippen LogP contribution in [0.2, 0.25) is 0 Å². The molecule has 0 saturated heterocycles. The number of amides is 1. The van der Waals surface area contributed by atoms with E-state index in [4.69, 9.17) is 0 Å². The number of nitrogens with zero attached hydrogens (tertiary/aromatic N) is 1. The predicted octanol–water partition coefficient (Wildman–Crippen LogP) is 6.90. The minimum atomic E-state index is -4.06. The molecule has 0 radical (unpaired) electrons. The van der Waals surface area contributed by atoms with Gasteiger partial charge >= 0.3 is 0 Å². The Morgan fingerprint density at radius 1 is 0.923 bits per heavy atom. The van der Waals surface area contributed by atoms with Gasteiger partial charge < -0.3 is 5.32 Å². The molecular weight excluding hydrogens is 508 g/mol. The van der Waals surface area contributed by atoms with Crippen molar-refractivity contribution in [3.63, 3.8) is 0 Å². The summed E-state index contributed by atoms with van der Waals surface area (Å²) >= 11 is 0. The molecular formula is C32H58N2O4S. The second-order valence-electron chi connectivity index (χ2n) is 14.8. The summed E-state index contributed by atoms with van der Waals surface area (Å²) in [6.45, 7) is 8.34. The van der Waals surface area contributed by atoms with E-state index in [1.54, 1.807) is 19.0 Å².